The summed E-state index contributed by atoms with van der Waals surface area (Å²) in [5.74, 6) is -0.670. The second-order valence-corrected chi connectivity index (χ2v) is 8.49. The highest BCUT2D eigenvalue weighted by Crippen LogP contribution is 2.48. The summed E-state index contributed by atoms with van der Waals surface area (Å²) >= 11 is 0. The van der Waals surface area contributed by atoms with E-state index in [0.717, 1.165) is 5.56 Å². The van der Waals surface area contributed by atoms with Gasteiger partial charge in [-0.2, -0.15) is 0 Å². The molecule has 0 bridgehead atoms. The van der Waals surface area contributed by atoms with Crippen LogP contribution in [0, 0.1) is 0 Å². The standard InChI is InChI=1S/C25H28O6/c1-6-29-23(27)22-21(16-10-8-7-9-11-16)18-13-12-17(14-19(18)25(22,5)28)30-15-20(26)31-24(2,3)4/h7-14,28H,6,15H2,1-5H3. The van der Waals surface area contributed by atoms with Gasteiger partial charge in [-0.3, -0.25) is 0 Å². The van der Waals surface area contributed by atoms with Gasteiger partial charge in [-0.1, -0.05) is 36.4 Å². The maximum Gasteiger partial charge on any atom is 0.344 e. The molecule has 31 heavy (non-hydrogen) atoms. The van der Waals surface area contributed by atoms with Gasteiger partial charge in [-0.15, -0.1) is 0 Å². The van der Waals surface area contributed by atoms with Gasteiger partial charge in [0.05, 0.1) is 12.2 Å². The smallest absolute Gasteiger partial charge is 0.344 e. The number of aliphatic hydroxyl groups is 1. The zero-order valence-corrected chi connectivity index (χ0v) is 18.5. The Morgan fingerprint density at radius 1 is 1.06 bits per heavy atom. The van der Waals surface area contributed by atoms with Crippen LogP contribution in [0.5, 0.6) is 5.75 Å². The van der Waals surface area contributed by atoms with Crippen LogP contribution in [0.15, 0.2) is 54.1 Å². The number of carbonyl (C=O) groups excluding carboxylic acids is 2. The molecule has 0 aliphatic heterocycles. The fraction of sp³-hybridized carbons (Fsp3) is 0.360. The quantitative estimate of drug-likeness (QED) is 0.706. The summed E-state index contributed by atoms with van der Waals surface area (Å²) in [5.41, 5.74) is 0.632. The van der Waals surface area contributed by atoms with E-state index in [1.54, 1.807) is 52.8 Å². The number of fused-ring (bicyclic) bond motifs is 1. The number of rotatable bonds is 6. The largest absolute Gasteiger partial charge is 0.482 e. The first-order valence-electron chi connectivity index (χ1n) is 10.2. The van der Waals surface area contributed by atoms with Crippen molar-refractivity contribution in [3.63, 3.8) is 0 Å². The lowest BCUT2D eigenvalue weighted by molar-refractivity contribution is -0.157. The van der Waals surface area contributed by atoms with Gasteiger partial charge in [0.25, 0.3) is 0 Å². The summed E-state index contributed by atoms with van der Waals surface area (Å²) in [6.07, 6.45) is 0. The fourth-order valence-corrected chi connectivity index (χ4v) is 3.67. The predicted octanol–water partition coefficient (Wildman–Crippen LogP) is 3.99. The molecular formula is C25H28O6. The lowest BCUT2D eigenvalue weighted by atomic mass is 9.92. The maximum atomic E-state index is 12.8. The molecule has 6 heteroatoms. The second kappa shape index (κ2) is 8.55. The molecule has 0 saturated heterocycles. The lowest BCUT2D eigenvalue weighted by Gasteiger charge is -2.22. The highest BCUT2D eigenvalue weighted by Gasteiger charge is 2.45. The van der Waals surface area contributed by atoms with Crippen molar-refractivity contribution in [3.05, 3.63) is 70.8 Å². The molecule has 0 radical (unpaired) electrons. The number of hydrogen-bond acceptors (Lipinski definition) is 6. The molecule has 1 atom stereocenters. The van der Waals surface area contributed by atoms with Crippen molar-refractivity contribution < 1.29 is 28.9 Å². The Labute approximate surface area is 182 Å². The minimum atomic E-state index is -1.59. The molecule has 0 spiro atoms. The molecule has 0 aromatic heterocycles. The van der Waals surface area contributed by atoms with Crippen LogP contribution >= 0.6 is 0 Å². The van der Waals surface area contributed by atoms with Crippen molar-refractivity contribution >= 4 is 17.5 Å². The summed E-state index contributed by atoms with van der Waals surface area (Å²) < 4.78 is 16.1. The summed E-state index contributed by atoms with van der Waals surface area (Å²) in [7, 11) is 0. The Morgan fingerprint density at radius 3 is 2.35 bits per heavy atom. The third-order valence-corrected chi connectivity index (χ3v) is 4.84. The summed E-state index contributed by atoms with van der Waals surface area (Å²) in [4.78, 5) is 24.8. The van der Waals surface area contributed by atoms with Crippen LogP contribution in [0.1, 0.15) is 51.3 Å². The Bertz CT molecular complexity index is 1010. The number of benzene rings is 2. The average molecular weight is 424 g/mol. The molecule has 0 fully saturated rings. The highest BCUT2D eigenvalue weighted by molar-refractivity contribution is 6.07. The monoisotopic (exact) mass is 424 g/mol. The Kier molecular flexibility index (Phi) is 6.23. The van der Waals surface area contributed by atoms with E-state index in [0.29, 0.717) is 22.4 Å². The van der Waals surface area contributed by atoms with Crippen LogP contribution in [0.4, 0.5) is 0 Å². The summed E-state index contributed by atoms with van der Waals surface area (Å²) in [6.45, 7) is 8.57. The zero-order chi connectivity index (χ0) is 22.8. The van der Waals surface area contributed by atoms with Gasteiger partial charge in [0, 0.05) is 5.57 Å². The van der Waals surface area contributed by atoms with Gasteiger partial charge in [-0.05, 0) is 63.4 Å². The van der Waals surface area contributed by atoms with Crippen molar-refractivity contribution in [1.82, 2.24) is 0 Å². The molecule has 1 unspecified atom stereocenters. The van der Waals surface area contributed by atoms with E-state index in [1.807, 2.05) is 30.3 Å². The van der Waals surface area contributed by atoms with Gasteiger partial charge in [0.1, 0.15) is 17.0 Å². The third kappa shape index (κ3) is 4.80. The second-order valence-electron chi connectivity index (χ2n) is 8.49. The summed E-state index contributed by atoms with van der Waals surface area (Å²) in [6, 6.07) is 14.5. The van der Waals surface area contributed by atoms with E-state index >= 15 is 0 Å². The molecule has 0 heterocycles. The SMILES string of the molecule is CCOC(=O)C1=C(c2ccccc2)c2ccc(OCC(=O)OC(C)(C)C)cc2C1(C)O. The first-order valence-corrected chi connectivity index (χ1v) is 10.2. The van der Waals surface area contributed by atoms with E-state index in [2.05, 4.69) is 0 Å². The molecule has 1 aliphatic carbocycles. The van der Waals surface area contributed by atoms with Gasteiger partial charge in [0.15, 0.2) is 6.61 Å². The molecule has 164 valence electrons. The summed E-state index contributed by atoms with van der Waals surface area (Å²) in [5, 5.41) is 11.4. The minimum Gasteiger partial charge on any atom is -0.482 e. The molecule has 2 aromatic rings. The number of esters is 2. The lowest BCUT2D eigenvalue weighted by Crippen LogP contribution is -2.28. The van der Waals surface area contributed by atoms with Crippen LogP contribution < -0.4 is 4.74 Å². The molecule has 6 nitrogen and oxygen atoms in total. The molecular weight excluding hydrogens is 396 g/mol. The molecule has 0 saturated carbocycles. The van der Waals surface area contributed by atoms with Gasteiger partial charge < -0.3 is 19.3 Å². The van der Waals surface area contributed by atoms with Crippen molar-refractivity contribution in [2.75, 3.05) is 13.2 Å². The number of hydrogen-bond donors (Lipinski definition) is 1. The Balaban J connectivity index is 1.98. The van der Waals surface area contributed by atoms with E-state index < -0.39 is 23.1 Å². The van der Waals surface area contributed by atoms with Crippen LogP contribution in [-0.2, 0) is 24.7 Å². The first-order chi connectivity index (χ1) is 14.5. The van der Waals surface area contributed by atoms with Crippen LogP contribution in [0.2, 0.25) is 0 Å². The molecule has 1 aliphatic rings. The fourth-order valence-electron chi connectivity index (χ4n) is 3.67. The van der Waals surface area contributed by atoms with Crippen LogP contribution in [0.3, 0.4) is 0 Å². The van der Waals surface area contributed by atoms with Gasteiger partial charge in [-0.25, -0.2) is 9.59 Å². The Morgan fingerprint density at radius 2 is 1.74 bits per heavy atom. The van der Waals surface area contributed by atoms with Crippen molar-refractivity contribution in [2.24, 2.45) is 0 Å². The van der Waals surface area contributed by atoms with Crippen molar-refractivity contribution in [2.45, 2.75) is 45.8 Å². The maximum absolute atomic E-state index is 12.8. The van der Waals surface area contributed by atoms with E-state index in [9.17, 15) is 14.7 Å². The topological polar surface area (TPSA) is 82.1 Å². The number of carbonyl (C=O) groups is 2. The zero-order valence-electron chi connectivity index (χ0n) is 18.5. The molecule has 1 N–H and O–H groups in total. The van der Waals surface area contributed by atoms with E-state index in [4.69, 9.17) is 14.2 Å². The van der Waals surface area contributed by atoms with Crippen LogP contribution in [0.25, 0.3) is 5.57 Å². The predicted molar refractivity (Wildman–Crippen MR) is 116 cm³/mol. The highest BCUT2D eigenvalue weighted by atomic mass is 16.6. The Hall–Kier alpha value is -3.12. The minimum absolute atomic E-state index is 0.180. The molecule has 3 rings (SSSR count). The average Bonchev–Trinajstić information content (AvgIpc) is 2.93. The van der Waals surface area contributed by atoms with Crippen molar-refractivity contribution in [3.8, 4) is 5.75 Å². The van der Waals surface area contributed by atoms with E-state index in [-0.39, 0.29) is 18.8 Å². The van der Waals surface area contributed by atoms with E-state index in [1.165, 1.54) is 0 Å². The van der Waals surface area contributed by atoms with Crippen LogP contribution in [-0.4, -0.2) is 35.9 Å². The van der Waals surface area contributed by atoms with Gasteiger partial charge in [0.2, 0.25) is 0 Å². The molecule has 2 aromatic carbocycles. The third-order valence-electron chi connectivity index (χ3n) is 4.84. The van der Waals surface area contributed by atoms with Gasteiger partial charge >= 0.3 is 11.9 Å². The number of ether oxygens (including phenoxy) is 3. The normalized spacial score (nSPS) is 17.9. The van der Waals surface area contributed by atoms with Crippen molar-refractivity contribution in [1.29, 1.82) is 0 Å². The first kappa shape index (κ1) is 22.6. The molecule has 0 amide bonds.